The van der Waals surface area contributed by atoms with Crippen LogP contribution in [-0.2, 0) is 0 Å². The van der Waals surface area contributed by atoms with Crippen LogP contribution < -0.4 is 5.32 Å². The van der Waals surface area contributed by atoms with Gasteiger partial charge in [-0.05, 0) is 37.6 Å². The number of nitrogens with zero attached hydrogens (tertiary/aromatic N) is 1. The summed E-state index contributed by atoms with van der Waals surface area (Å²) in [5.74, 6) is 0. The minimum Gasteiger partial charge on any atom is -0.395 e. The van der Waals surface area contributed by atoms with Crippen LogP contribution in [0.25, 0.3) is 0 Å². The van der Waals surface area contributed by atoms with Gasteiger partial charge in [0.25, 0.3) is 0 Å². The van der Waals surface area contributed by atoms with Gasteiger partial charge in [0.1, 0.15) is 0 Å². The SMILES string of the molecule is CCCCN(CCO)CC(C)(CCC)CNC1CC1. The normalized spacial score (nSPS) is 18.8. The van der Waals surface area contributed by atoms with Gasteiger partial charge >= 0.3 is 0 Å². The Balaban J connectivity index is 2.44. The quantitative estimate of drug-likeness (QED) is 0.572. The Labute approximate surface area is 119 Å². The van der Waals surface area contributed by atoms with Crippen molar-refractivity contribution in [3.8, 4) is 0 Å². The number of hydrogen-bond donors (Lipinski definition) is 2. The molecule has 1 atom stereocenters. The van der Waals surface area contributed by atoms with E-state index in [1.807, 2.05) is 0 Å². The molecule has 0 saturated heterocycles. The van der Waals surface area contributed by atoms with Crippen molar-refractivity contribution < 1.29 is 5.11 Å². The van der Waals surface area contributed by atoms with Gasteiger partial charge in [-0.1, -0.05) is 33.6 Å². The average molecular weight is 270 g/mol. The molecule has 1 aliphatic carbocycles. The molecule has 0 aliphatic heterocycles. The Morgan fingerprint density at radius 3 is 2.47 bits per heavy atom. The molecule has 1 rings (SSSR count). The van der Waals surface area contributed by atoms with E-state index in [9.17, 15) is 5.11 Å². The molecule has 0 aromatic rings. The van der Waals surface area contributed by atoms with E-state index in [0.717, 1.165) is 32.2 Å². The molecule has 0 aromatic carbocycles. The lowest BCUT2D eigenvalue weighted by molar-refractivity contribution is 0.123. The number of aliphatic hydroxyl groups is 1. The Morgan fingerprint density at radius 2 is 1.95 bits per heavy atom. The van der Waals surface area contributed by atoms with Crippen molar-refractivity contribution in [2.24, 2.45) is 5.41 Å². The summed E-state index contributed by atoms with van der Waals surface area (Å²) in [4.78, 5) is 2.45. The first-order valence-electron chi connectivity index (χ1n) is 8.20. The number of aliphatic hydroxyl groups excluding tert-OH is 1. The van der Waals surface area contributed by atoms with Gasteiger partial charge in [-0.2, -0.15) is 0 Å². The Kier molecular flexibility index (Phi) is 7.96. The zero-order valence-corrected chi connectivity index (χ0v) is 13.2. The summed E-state index contributed by atoms with van der Waals surface area (Å²) in [6.45, 7) is 11.4. The molecule has 0 bridgehead atoms. The summed E-state index contributed by atoms with van der Waals surface area (Å²) in [7, 11) is 0. The minimum atomic E-state index is 0.280. The zero-order chi connectivity index (χ0) is 14.1. The maximum atomic E-state index is 9.23. The van der Waals surface area contributed by atoms with Gasteiger partial charge in [-0.15, -0.1) is 0 Å². The van der Waals surface area contributed by atoms with E-state index in [-0.39, 0.29) is 6.61 Å². The van der Waals surface area contributed by atoms with Crippen LogP contribution in [0.3, 0.4) is 0 Å². The second kappa shape index (κ2) is 8.93. The lowest BCUT2D eigenvalue weighted by Gasteiger charge is -2.36. The van der Waals surface area contributed by atoms with Crippen LogP contribution in [0.15, 0.2) is 0 Å². The van der Waals surface area contributed by atoms with Gasteiger partial charge in [0.05, 0.1) is 6.61 Å². The standard InChI is InChI=1S/C16H34N2O/c1-4-6-10-18(11-12-19)14-16(3,9-5-2)13-17-15-7-8-15/h15,17,19H,4-14H2,1-3H3. The summed E-state index contributed by atoms with van der Waals surface area (Å²) < 4.78 is 0. The molecule has 1 unspecified atom stereocenters. The number of nitrogens with one attached hydrogen (secondary N) is 1. The fourth-order valence-corrected chi connectivity index (χ4v) is 2.84. The average Bonchev–Trinajstić information content (AvgIpc) is 3.18. The predicted octanol–water partition coefficient (Wildman–Crippen LogP) is 2.64. The molecular weight excluding hydrogens is 236 g/mol. The van der Waals surface area contributed by atoms with Gasteiger partial charge in [0.2, 0.25) is 0 Å². The van der Waals surface area contributed by atoms with Crippen molar-refractivity contribution in [2.45, 2.75) is 65.3 Å². The van der Waals surface area contributed by atoms with E-state index in [4.69, 9.17) is 0 Å². The summed E-state index contributed by atoms with van der Waals surface area (Å²) in [6, 6.07) is 0.790. The van der Waals surface area contributed by atoms with Crippen molar-refractivity contribution in [1.29, 1.82) is 0 Å². The zero-order valence-electron chi connectivity index (χ0n) is 13.2. The highest BCUT2D eigenvalue weighted by Crippen LogP contribution is 2.27. The van der Waals surface area contributed by atoms with E-state index in [1.54, 1.807) is 0 Å². The van der Waals surface area contributed by atoms with Gasteiger partial charge in [-0.25, -0.2) is 0 Å². The van der Waals surface area contributed by atoms with Crippen molar-refractivity contribution in [1.82, 2.24) is 10.2 Å². The highest BCUT2D eigenvalue weighted by molar-refractivity contribution is 4.87. The molecule has 2 N–H and O–H groups in total. The second-order valence-electron chi connectivity index (χ2n) is 6.57. The first-order valence-corrected chi connectivity index (χ1v) is 8.20. The first-order chi connectivity index (χ1) is 9.13. The Hall–Kier alpha value is -0.120. The fourth-order valence-electron chi connectivity index (χ4n) is 2.84. The first kappa shape index (κ1) is 16.9. The number of hydrogen-bond acceptors (Lipinski definition) is 3. The number of unbranched alkanes of at least 4 members (excludes halogenated alkanes) is 1. The highest BCUT2D eigenvalue weighted by atomic mass is 16.3. The van der Waals surface area contributed by atoms with Crippen LogP contribution in [0.5, 0.6) is 0 Å². The molecule has 3 nitrogen and oxygen atoms in total. The van der Waals surface area contributed by atoms with Crippen molar-refractivity contribution in [2.75, 3.05) is 32.8 Å². The van der Waals surface area contributed by atoms with E-state index in [0.29, 0.717) is 5.41 Å². The predicted molar refractivity (Wildman–Crippen MR) is 82.5 cm³/mol. The Bertz CT molecular complexity index is 231. The third kappa shape index (κ3) is 7.28. The summed E-state index contributed by atoms with van der Waals surface area (Å²) in [5, 5.41) is 12.9. The lowest BCUT2D eigenvalue weighted by atomic mass is 9.84. The molecule has 3 heteroatoms. The molecule has 19 heavy (non-hydrogen) atoms. The van der Waals surface area contributed by atoms with Gasteiger partial charge in [-0.3, -0.25) is 0 Å². The third-order valence-corrected chi connectivity index (χ3v) is 4.10. The molecule has 0 heterocycles. The van der Waals surface area contributed by atoms with E-state index in [1.165, 1.54) is 38.5 Å². The molecule has 0 spiro atoms. The second-order valence-corrected chi connectivity index (χ2v) is 6.57. The summed E-state index contributed by atoms with van der Waals surface area (Å²) >= 11 is 0. The van der Waals surface area contributed by atoms with Crippen LogP contribution in [0, 0.1) is 5.41 Å². The van der Waals surface area contributed by atoms with Crippen molar-refractivity contribution in [3.05, 3.63) is 0 Å². The fraction of sp³-hybridized carbons (Fsp3) is 1.00. The van der Waals surface area contributed by atoms with Crippen molar-refractivity contribution >= 4 is 0 Å². The van der Waals surface area contributed by atoms with Crippen LogP contribution in [-0.4, -0.2) is 48.8 Å². The van der Waals surface area contributed by atoms with Crippen LogP contribution >= 0.6 is 0 Å². The largest absolute Gasteiger partial charge is 0.395 e. The molecule has 1 fully saturated rings. The molecule has 0 aromatic heterocycles. The molecule has 0 amide bonds. The third-order valence-electron chi connectivity index (χ3n) is 4.10. The number of rotatable bonds is 12. The van der Waals surface area contributed by atoms with E-state index in [2.05, 4.69) is 31.0 Å². The molecule has 1 aliphatic rings. The lowest BCUT2D eigenvalue weighted by Crippen LogP contribution is -2.44. The Morgan fingerprint density at radius 1 is 1.21 bits per heavy atom. The van der Waals surface area contributed by atoms with Crippen LogP contribution in [0.4, 0.5) is 0 Å². The topological polar surface area (TPSA) is 35.5 Å². The van der Waals surface area contributed by atoms with Crippen molar-refractivity contribution in [3.63, 3.8) is 0 Å². The van der Waals surface area contributed by atoms with E-state index < -0.39 is 0 Å². The van der Waals surface area contributed by atoms with Crippen LogP contribution in [0.1, 0.15) is 59.3 Å². The van der Waals surface area contributed by atoms with Crippen LogP contribution in [0.2, 0.25) is 0 Å². The molecule has 1 saturated carbocycles. The highest BCUT2D eigenvalue weighted by Gasteiger charge is 2.29. The maximum Gasteiger partial charge on any atom is 0.0558 e. The maximum absolute atomic E-state index is 9.23. The smallest absolute Gasteiger partial charge is 0.0558 e. The van der Waals surface area contributed by atoms with Gasteiger partial charge in [0.15, 0.2) is 0 Å². The molecule has 0 radical (unpaired) electrons. The molecule has 114 valence electrons. The minimum absolute atomic E-state index is 0.280. The monoisotopic (exact) mass is 270 g/mol. The van der Waals surface area contributed by atoms with Gasteiger partial charge in [0, 0.05) is 25.7 Å². The summed E-state index contributed by atoms with van der Waals surface area (Å²) in [6.07, 6.45) is 7.69. The van der Waals surface area contributed by atoms with Gasteiger partial charge < -0.3 is 15.3 Å². The summed E-state index contributed by atoms with van der Waals surface area (Å²) in [5.41, 5.74) is 0.347. The van der Waals surface area contributed by atoms with E-state index >= 15 is 0 Å². The molecular formula is C16H34N2O.